The largest absolute Gasteiger partial charge is 0.427 e. The quantitative estimate of drug-likeness (QED) is 0.0270. The van der Waals surface area contributed by atoms with Crippen molar-refractivity contribution in [2.75, 3.05) is 26.4 Å². The van der Waals surface area contributed by atoms with Gasteiger partial charge in [-0.15, -0.1) is 0 Å². The summed E-state index contributed by atoms with van der Waals surface area (Å²) >= 11 is 0. The average Bonchev–Trinajstić information content (AvgIpc) is 3.25. The van der Waals surface area contributed by atoms with Crippen molar-refractivity contribution in [1.82, 2.24) is 0 Å². The first kappa shape index (κ1) is 54.1. The van der Waals surface area contributed by atoms with E-state index < -0.39 is 123 Å². The van der Waals surface area contributed by atoms with E-state index in [0.29, 0.717) is 19.3 Å². The summed E-state index contributed by atoms with van der Waals surface area (Å²) in [6.45, 7) is 2.76. The molecule has 0 aromatic carbocycles. The van der Waals surface area contributed by atoms with Gasteiger partial charge in [-0.25, -0.2) is 0 Å². The molecule has 11 N–H and O–H groups in total. The van der Waals surface area contributed by atoms with Gasteiger partial charge >= 0.3 is 5.97 Å². The fourth-order valence-corrected chi connectivity index (χ4v) is 8.41. The summed E-state index contributed by atoms with van der Waals surface area (Å²) in [7, 11) is 0. The predicted molar refractivity (Wildman–Crippen MR) is 215 cm³/mol. The van der Waals surface area contributed by atoms with E-state index in [1.807, 2.05) is 6.92 Å². The van der Waals surface area contributed by atoms with E-state index in [-0.39, 0.29) is 25.9 Å². The van der Waals surface area contributed by atoms with E-state index in [4.69, 9.17) is 33.2 Å². The second kappa shape index (κ2) is 27.3. The molecule has 3 saturated heterocycles. The number of carbonyl (C=O) groups is 1. The standard InChI is InChI=1S/C42H78O19/c1-4-7-9-10-11-12-13-14-15-16-17-18-19-21-29(46)60-41(55-6-3,22-20-8-5-2)42(38(53)33(50)30(47)26(23-43)59-42)61-37-28(25-45)57-40(35(52)32(37)49)58-36-27(24-44)56-39(54)34(51)31(36)48/h26-28,30-40,43-45,47-54H,4-25H2,1-3H3/t26-,27-,28-,30-,31-,32-,33+,34-,35-,36-,37-,38-,39+,40?,41?,42?/m1/s1. The summed E-state index contributed by atoms with van der Waals surface area (Å²) < 4.78 is 41.4. The van der Waals surface area contributed by atoms with E-state index >= 15 is 0 Å². The van der Waals surface area contributed by atoms with Crippen LogP contribution >= 0.6 is 0 Å². The average molecular weight is 887 g/mol. The molecular weight excluding hydrogens is 808 g/mol. The maximum atomic E-state index is 13.8. The Morgan fingerprint density at radius 1 is 0.574 bits per heavy atom. The van der Waals surface area contributed by atoms with E-state index in [9.17, 15) is 61.0 Å². The molecule has 3 aliphatic heterocycles. The van der Waals surface area contributed by atoms with Crippen LogP contribution in [0.15, 0.2) is 0 Å². The monoisotopic (exact) mass is 887 g/mol. The fraction of sp³-hybridized carbons (Fsp3) is 0.976. The molecule has 61 heavy (non-hydrogen) atoms. The second-order valence-electron chi connectivity index (χ2n) is 16.7. The number of aliphatic hydroxyl groups is 11. The van der Waals surface area contributed by atoms with Crippen LogP contribution in [0.2, 0.25) is 0 Å². The lowest BCUT2D eigenvalue weighted by atomic mass is 9.83. The number of aliphatic hydroxyl groups excluding tert-OH is 11. The molecule has 0 amide bonds. The molecule has 19 nitrogen and oxygen atoms in total. The molecule has 0 aromatic rings. The molecule has 16 atom stereocenters. The minimum atomic E-state index is -2.88. The van der Waals surface area contributed by atoms with Crippen LogP contribution < -0.4 is 0 Å². The minimum absolute atomic E-state index is 0.0788. The first-order valence-corrected chi connectivity index (χ1v) is 22.7. The van der Waals surface area contributed by atoms with Gasteiger partial charge in [0.2, 0.25) is 0 Å². The molecule has 3 rings (SSSR count). The van der Waals surface area contributed by atoms with Gasteiger partial charge in [0.05, 0.1) is 19.8 Å². The summed E-state index contributed by atoms with van der Waals surface area (Å²) in [5, 5.41) is 119. The first-order valence-electron chi connectivity index (χ1n) is 22.7. The lowest BCUT2D eigenvalue weighted by Gasteiger charge is -2.57. The van der Waals surface area contributed by atoms with Crippen molar-refractivity contribution >= 4 is 5.97 Å². The number of esters is 1. The van der Waals surface area contributed by atoms with Crippen LogP contribution in [0.5, 0.6) is 0 Å². The third-order valence-electron chi connectivity index (χ3n) is 12.0. The summed E-state index contributed by atoms with van der Waals surface area (Å²) in [4.78, 5) is 13.8. The zero-order chi connectivity index (χ0) is 45.2. The third-order valence-corrected chi connectivity index (χ3v) is 12.0. The molecule has 0 aromatic heterocycles. The Hall–Kier alpha value is -1.21. The number of hydrogen-bond acceptors (Lipinski definition) is 19. The molecule has 0 radical (unpaired) electrons. The smallest absolute Gasteiger partial charge is 0.308 e. The molecule has 19 heteroatoms. The predicted octanol–water partition coefficient (Wildman–Crippen LogP) is 0.135. The van der Waals surface area contributed by atoms with E-state index in [2.05, 4.69) is 6.92 Å². The van der Waals surface area contributed by atoms with Crippen LogP contribution in [-0.2, 0) is 38.0 Å². The Labute approximate surface area is 359 Å². The maximum absolute atomic E-state index is 13.8. The van der Waals surface area contributed by atoms with Gasteiger partial charge in [0.15, 0.2) is 12.6 Å². The topological polar surface area (TPSA) is 304 Å². The van der Waals surface area contributed by atoms with Crippen molar-refractivity contribution in [3.63, 3.8) is 0 Å². The molecule has 360 valence electrons. The van der Waals surface area contributed by atoms with Gasteiger partial charge in [0.1, 0.15) is 73.2 Å². The molecule has 3 unspecified atom stereocenters. The Morgan fingerprint density at radius 3 is 1.62 bits per heavy atom. The van der Waals surface area contributed by atoms with Crippen LogP contribution in [0.4, 0.5) is 0 Å². The summed E-state index contributed by atoms with van der Waals surface area (Å²) in [5.41, 5.74) is 0. The Morgan fingerprint density at radius 2 is 1.08 bits per heavy atom. The Bertz CT molecular complexity index is 1200. The number of hydrogen-bond donors (Lipinski definition) is 11. The minimum Gasteiger partial charge on any atom is -0.427 e. The van der Waals surface area contributed by atoms with E-state index in [1.54, 1.807) is 6.92 Å². The zero-order valence-electron chi connectivity index (χ0n) is 36.3. The highest BCUT2D eigenvalue weighted by Gasteiger charge is 2.70. The molecule has 0 saturated carbocycles. The van der Waals surface area contributed by atoms with Gasteiger partial charge in [0.25, 0.3) is 11.6 Å². The van der Waals surface area contributed by atoms with Crippen LogP contribution in [-0.4, -0.2) is 186 Å². The molecule has 3 fully saturated rings. The van der Waals surface area contributed by atoms with Gasteiger partial charge in [-0.1, -0.05) is 104 Å². The highest BCUT2D eigenvalue weighted by molar-refractivity contribution is 5.69. The highest BCUT2D eigenvalue weighted by Crippen LogP contribution is 2.47. The SMILES string of the molecule is CCCCCCCCCCCCCCCC(=O)OC(CCCCC)(OCC)C1(O[C@H]2[C@H](O)[C@@H](O)C(O[C@H]3[C@H](O)[C@@H](O)[C@@H](O)O[C@@H]3CO)O[C@@H]2CO)O[C@H](CO)[C@@H](O)[C@H](O)[C@H]1O. The highest BCUT2D eigenvalue weighted by atomic mass is 16.8. The fourth-order valence-electron chi connectivity index (χ4n) is 8.41. The molecule has 0 aliphatic carbocycles. The molecular formula is C42H78O19. The lowest BCUT2D eigenvalue weighted by Crippen LogP contribution is -2.78. The lowest BCUT2D eigenvalue weighted by molar-refractivity contribution is -0.481. The molecule has 3 aliphatic rings. The summed E-state index contributed by atoms with van der Waals surface area (Å²) in [6.07, 6.45) is -11.2. The number of rotatable bonds is 29. The molecule has 0 bridgehead atoms. The van der Waals surface area contributed by atoms with Crippen LogP contribution in [0.1, 0.15) is 136 Å². The van der Waals surface area contributed by atoms with Gasteiger partial charge < -0.3 is 89.3 Å². The maximum Gasteiger partial charge on any atom is 0.308 e. The number of unbranched alkanes of at least 4 members (excludes halogenated alkanes) is 14. The van der Waals surface area contributed by atoms with Crippen molar-refractivity contribution in [2.24, 2.45) is 0 Å². The number of ether oxygens (including phenoxy) is 7. The second-order valence-corrected chi connectivity index (χ2v) is 16.7. The number of carbonyl (C=O) groups excluding carboxylic acids is 1. The van der Waals surface area contributed by atoms with Crippen LogP contribution in [0.3, 0.4) is 0 Å². The van der Waals surface area contributed by atoms with Crippen molar-refractivity contribution in [3.05, 3.63) is 0 Å². The van der Waals surface area contributed by atoms with E-state index in [1.165, 1.54) is 44.9 Å². The Balaban J connectivity index is 1.88. The zero-order valence-corrected chi connectivity index (χ0v) is 36.3. The van der Waals surface area contributed by atoms with Crippen LogP contribution in [0, 0.1) is 0 Å². The van der Waals surface area contributed by atoms with Crippen molar-refractivity contribution in [2.45, 2.75) is 234 Å². The normalized spacial score (nSPS) is 36.8. The summed E-state index contributed by atoms with van der Waals surface area (Å²) in [5.74, 6) is -6.09. The van der Waals surface area contributed by atoms with E-state index in [0.717, 1.165) is 32.1 Å². The third kappa shape index (κ3) is 14.1. The van der Waals surface area contributed by atoms with Gasteiger partial charge in [-0.3, -0.25) is 4.79 Å². The van der Waals surface area contributed by atoms with Gasteiger partial charge in [0, 0.05) is 19.4 Å². The van der Waals surface area contributed by atoms with Gasteiger partial charge in [-0.2, -0.15) is 0 Å². The summed E-state index contributed by atoms with van der Waals surface area (Å²) in [6, 6.07) is 0. The Kier molecular flexibility index (Phi) is 24.2. The van der Waals surface area contributed by atoms with Gasteiger partial charge in [-0.05, 0) is 19.8 Å². The molecule has 0 spiro atoms. The van der Waals surface area contributed by atoms with Crippen LogP contribution in [0.25, 0.3) is 0 Å². The van der Waals surface area contributed by atoms with Crippen molar-refractivity contribution in [3.8, 4) is 0 Å². The molecule has 3 heterocycles. The van der Waals surface area contributed by atoms with Crippen molar-refractivity contribution in [1.29, 1.82) is 0 Å². The first-order chi connectivity index (χ1) is 29.2. The van der Waals surface area contributed by atoms with Crippen molar-refractivity contribution < 1.29 is 94.1 Å².